The van der Waals surface area contributed by atoms with Gasteiger partial charge in [-0.25, -0.2) is 4.39 Å². The number of hydrogen-bond donors (Lipinski definition) is 2. The summed E-state index contributed by atoms with van der Waals surface area (Å²) in [6.45, 7) is 3.70. The van der Waals surface area contributed by atoms with Gasteiger partial charge >= 0.3 is 0 Å². The van der Waals surface area contributed by atoms with Gasteiger partial charge < -0.3 is 15.2 Å². The van der Waals surface area contributed by atoms with E-state index in [4.69, 9.17) is 9.84 Å². The topological polar surface area (TPSA) is 41.5 Å². The molecular formula is C13H19BrFNO2. The molecule has 0 aliphatic heterocycles. The monoisotopic (exact) mass is 319 g/mol. The van der Waals surface area contributed by atoms with Gasteiger partial charge in [0, 0.05) is 22.7 Å². The number of hydrogen-bond acceptors (Lipinski definition) is 3. The predicted octanol–water partition coefficient (Wildman–Crippen LogP) is 2.64. The molecule has 0 radical (unpaired) electrons. The van der Waals surface area contributed by atoms with Crippen molar-refractivity contribution in [2.45, 2.75) is 19.4 Å². The Balaban J connectivity index is 2.31. The van der Waals surface area contributed by atoms with E-state index in [9.17, 15) is 4.39 Å². The van der Waals surface area contributed by atoms with Crippen LogP contribution in [0.25, 0.3) is 0 Å². The molecule has 1 aromatic carbocycles. The molecule has 18 heavy (non-hydrogen) atoms. The fourth-order valence-corrected chi connectivity index (χ4v) is 1.99. The molecule has 102 valence electrons. The third-order valence-electron chi connectivity index (χ3n) is 2.58. The van der Waals surface area contributed by atoms with Crippen molar-refractivity contribution in [1.29, 1.82) is 0 Å². The maximum Gasteiger partial charge on any atom is 0.128 e. The van der Waals surface area contributed by atoms with Gasteiger partial charge in [0.15, 0.2) is 0 Å². The van der Waals surface area contributed by atoms with E-state index in [1.165, 1.54) is 6.07 Å². The Hall–Kier alpha value is -0.490. The van der Waals surface area contributed by atoms with E-state index >= 15 is 0 Å². The zero-order valence-electron chi connectivity index (χ0n) is 10.5. The normalized spacial score (nSPS) is 12.7. The summed E-state index contributed by atoms with van der Waals surface area (Å²) in [5.41, 5.74) is 0.653. The van der Waals surface area contributed by atoms with Crippen molar-refractivity contribution < 1.29 is 14.2 Å². The number of rotatable bonds is 8. The molecule has 5 heteroatoms. The standard InChI is InChI=1S/C13H19BrFNO2/c1-10(16-5-2-7-18-8-6-17)12-9-11(14)3-4-13(12)15/h3-4,9-10,16-17H,2,5-8H2,1H3. The van der Waals surface area contributed by atoms with E-state index in [1.807, 2.05) is 6.92 Å². The lowest BCUT2D eigenvalue weighted by molar-refractivity contribution is 0.0904. The number of halogens is 2. The van der Waals surface area contributed by atoms with E-state index < -0.39 is 0 Å². The Kier molecular flexibility index (Phi) is 7.42. The SMILES string of the molecule is CC(NCCCOCCO)c1cc(Br)ccc1F. The first-order valence-electron chi connectivity index (χ1n) is 6.02. The van der Waals surface area contributed by atoms with Crippen molar-refractivity contribution in [1.82, 2.24) is 5.32 Å². The number of benzene rings is 1. The van der Waals surface area contributed by atoms with E-state index in [0.717, 1.165) is 17.4 Å². The molecule has 1 atom stereocenters. The van der Waals surface area contributed by atoms with Crippen molar-refractivity contribution in [3.8, 4) is 0 Å². The highest BCUT2D eigenvalue weighted by molar-refractivity contribution is 9.10. The molecule has 0 aliphatic carbocycles. The zero-order chi connectivity index (χ0) is 13.4. The van der Waals surface area contributed by atoms with Crippen LogP contribution in [0.3, 0.4) is 0 Å². The van der Waals surface area contributed by atoms with Gasteiger partial charge in [-0.15, -0.1) is 0 Å². The smallest absolute Gasteiger partial charge is 0.128 e. The molecule has 1 aromatic rings. The van der Waals surface area contributed by atoms with Crippen LogP contribution in [0.5, 0.6) is 0 Å². The minimum absolute atomic E-state index is 0.0414. The maximum atomic E-state index is 13.6. The highest BCUT2D eigenvalue weighted by Crippen LogP contribution is 2.21. The van der Waals surface area contributed by atoms with Gasteiger partial charge in [0.2, 0.25) is 0 Å². The molecule has 2 N–H and O–H groups in total. The molecule has 0 spiro atoms. The summed E-state index contributed by atoms with van der Waals surface area (Å²) >= 11 is 3.34. The third-order valence-corrected chi connectivity index (χ3v) is 3.07. The Labute approximate surface area is 115 Å². The van der Waals surface area contributed by atoms with E-state index in [1.54, 1.807) is 12.1 Å². The van der Waals surface area contributed by atoms with Crippen LogP contribution >= 0.6 is 15.9 Å². The second-order valence-corrected chi connectivity index (χ2v) is 4.95. The molecule has 3 nitrogen and oxygen atoms in total. The van der Waals surface area contributed by atoms with Gasteiger partial charge in [-0.2, -0.15) is 0 Å². The maximum absolute atomic E-state index is 13.6. The fraction of sp³-hybridized carbons (Fsp3) is 0.538. The lowest BCUT2D eigenvalue weighted by Crippen LogP contribution is -2.22. The van der Waals surface area contributed by atoms with Gasteiger partial charge in [0.25, 0.3) is 0 Å². The van der Waals surface area contributed by atoms with Crippen molar-refractivity contribution in [2.75, 3.05) is 26.4 Å². The average Bonchev–Trinajstić information content (AvgIpc) is 2.36. The van der Waals surface area contributed by atoms with Gasteiger partial charge in [-0.1, -0.05) is 15.9 Å². The number of ether oxygens (including phenoxy) is 1. The summed E-state index contributed by atoms with van der Waals surface area (Å²) in [5.74, 6) is -0.199. The first kappa shape index (κ1) is 15.6. The summed E-state index contributed by atoms with van der Waals surface area (Å²) < 4.78 is 19.6. The summed E-state index contributed by atoms with van der Waals surface area (Å²) in [6.07, 6.45) is 0.833. The molecule has 0 aromatic heterocycles. The molecule has 0 heterocycles. The van der Waals surface area contributed by atoms with Gasteiger partial charge in [-0.05, 0) is 38.1 Å². The summed E-state index contributed by atoms with van der Waals surface area (Å²) in [5, 5.41) is 11.8. The first-order chi connectivity index (χ1) is 8.65. The van der Waals surface area contributed by atoms with Crippen LogP contribution < -0.4 is 5.32 Å². The third kappa shape index (κ3) is 5.44. The lowest BCUT2D eigenvalue weighted by Gasteiger charge is -2.15. The Morgan fingerprint density at radius 1 is 1.44 bits per heavy atom. The fourth-order valence-electron chi connectivity index (χ4n) is 1.62. The Morgan fingerprint density at radius 3 is 2.94 bits per heavy atom. The molecule has 0 fully saturated rings. The van der Waals surface area contributed by atoms with Crippen LogP contribution in [0.2, 0.25) is 0 Å². The lowest BCUT2D eigenvalue weighted by atomic mass is 10.1. The van der Waals surface area contributed by atoms with Crippen molar-refractivity contribution in [3.05, 3.63) is 34.1 Å². The van der Waals surface area contributed by atoms with Gasteiger partial charge in [0.05, 0.1) is 13.2 Å². The van der Waals surface area contributed by atoms with Crippen LogP contribution in [0.4, 0.5) is 4.39 Å². The molecule has 0 amide bonds. The molecule has 1 unspecified atom stereocenters. The highest BCUT2D eigenvalue weighted by Gasteiger charge is 2.10. The Morgan fingerprint density at radius 2 is 2.22 bits per heavy atom. The van der Waals surface area contributed by atoms with E-state index in [2.05, 4.69) is 21.2 Å². The van der Waals surface area contributed by atoms with Gasteiger partial charge in [0.1, 0.15) is 5.82 Å². The van der Waals surface area contributed by atoms with Crippen molar-refractivity contribution in [3.63, 3.8) is 0 Å². The minimum Gasteiger partial charge on any atom is -0.394 e. The van der Waals surface area contributed by atoms with Crippen LogP contribution in [0.1, 0.15) is 24.9 Å². The summed E-state index contributed by atoms with van der Waals surface area (Å²) in [6, 6.07) is 4.89. The largest absolute Gasteiger partial charge is 0.394 e. The van der Waals surface area contributed by atoms with Crippen molar-refractivity contribution >= 4 is 15.9 Å². The molecule has 0 aliphatic rings. The quantitative estimate of drug-likeness (QED) is 0.724. The molecule has 1 rings (SSSR count). The number of nitrogens with one attached hydrogen (secondary N) is 1. The second kappa shape index (κ2) is 8.58. The van der Waals surface area contributed by atoms with Crippen LogP contribution in [-0.2, 0) is 4.74 Å². The molecular weight excluding hydrogens is 301 g/mol. The van der Waals surface area contributed by atoms with E-state index in [0.29, 0.717) is 18.8 Å². The number of aliphatic hydroxyl groups is 1. The van der Waals surface area contributed by atoms with Crippen LogP contribution in [-0.4, -0.2) is 31.5 Å². The molecule has 0 saturated heterocycles. The Bertz CT molecular complexity index is 363. The van der Waals surface area contributed by atoms with Crippen molar-refractivity contribution in [2.24, 2.45) is 0 Å². The number of aliphatic hydroxyl groups excluding tert-OH is 1. The zero-order valence-corrected chi connectivity index (χ0v) is 12.0. The molecule has 0 bridgehead atoms. The van der Waals surface area contributed by atoms with E-state index in [-0.39, 0.29) is 18.5 Å². The van der Waals surface area contributed by atoms with Crippen LogP contribution in [0.15, 0.2) is 22.7 Å². The predicted molar refractivity (Wildman–Crippen MR) is 73.0 cm³/mol. The van der Waals surface area contributed by atoms with Crippen LogP contribution in [0, 0.1) is 5.82 Å². The second-order valence-electron chi connectivity index (χ2n) is 4.03. The van der Waals surface area contributed by atoms with Gasteiger partial charge in [-0.3, -0.25) is 0 Å². The summed E-state index contributed by atoms with van der Waals surface area (Å²) in [4.78, 5) is 0. The summed E-state index contributed by atoms with van der Waals surface area (Å²) in [7, 11) is 0. The first-order valence-corrected chi connectivity index (χ1v) is 6.81. The highest BCUT2D eigenvalue weighted by atomic mass is 79.9. The molecule has 0 saturated carbocycles. The minimum atomic E-state index is -0.199. The average molecular weight is 320 g/mol.